The molecule has 4 heteroatoms. The number of hydrogen-bond donors (Lipinski definition) is 1. The quantitative estimate of drug-likeness (QED) is 0.470. The van der Waals surface area contributed by atoms with Gasteiger partial charge in [0.25, 0.3) is 0 Å². The van der Waals surface area contributed by atoms with E-state index in [1.807, 2.05) is 0 Å². The molecular weight excluding hydrogens is 209 g/mol. The summed E-state index contributed by atoms with van der Waals surface area (Å²) >= 11 is 0. The molecule has 1 rings (SSSR count). The van der Waals surface area contributed by atoms with Crippen molar-refractivity contribution in [1.82, 2.24) is 0 Å². The van der Waals surface area contributed by atoms with Gasteiger partial charge in [-0.3, -0.25) is 4.79 Å². The number of nitrogens with two attached hydrogens (primary N) is 1. The average molecular weight is 221 g/mol. The molecule has 84 valence electrons. The number of ether oxygens (including phenoxy) is 1. The largest absolute Gasteiger partial charge is 0.465 e. The molecule has 0 saturated heterocycles. The third kappa shape index (κ3) is 3.62. The third-order valence-corrected chi connectivity index (χ3v) is 1.78. The van der Waals surface area contributed by atoms with Gasteiger partial charge in [0.1, 0.15) is 12.2 Å². The fourth-order valence-corrected chi connectivity index (χ4v) is 1.06. The molecular formula is C12H12FNO2. The van der Waals surface area contributed by atoms with Crippen LogP contribution in [0.15, 0.2) is 18.2 Å². The van der Waals surface area contributed by atoms with Crippen molar-refractivity contribution in [1.29, 1.82) is 0 Å². The molecule has 3 nitrogen and oxygen atoms in total. The van der Waals surface area contributed by atoms with Crippen LogP contribution < -0.4 is 5.73 Å². The summed E-state index contributed by atoms with van der Waals surface area (Å²) in [5, 5.41) is 0. The van der Waals surface area contributed by atoms with Crippen molar-refractivity contribution in [3.8, 4) is 11.8 Å². The molecule has 0 aliphatic carbocycles. The SMILES string of the molecule is CCOC(=O)CC#Cc1cc(F)ccc1N. The zero-order chi connectivity index (χ0) is 12.0. The molecule has 2 N–H and O–H groups in total. The van der Waals surface area contributed by atoms with E-state index in [9.17, 15) is 9.18 Å². The second-order valence-electron chi connectivity index (χ2n) is 3.02. The molecule has 0 atom stereocenters. The van der Waals surface area contributed by atoms with Crippen molar-refractivity contribution in [3.63, 3.8) is 0 Å². The molecule has 16 heavy (non-hydrogen) atoms. The van der Waals surface area contributed by atoms with Crippen LogP contribution in [0.1, 0.15) is 18.9 Å². The first kappa shape index (κ1) is 12.1. The van der Waals surface area contributed by atoms with E-state index in [1.165, 1.54) is 18.2 Å². The summed E-state index contributed by atoms with van der Waals surface area (Å²) in [5.74, 6) is 4.40. The Bertz CT molecular complexity index is 446. The van der Waals surface area contributed by atoms with Gasteiger partial charge in [0.15, 0.2) is 0 Å². The second-order valence-corrected chi connectivity index (χ2v) is 3.02. The van der Waals surface area contributed by atoms with Crippen molar-refractivity contribution in [2.75, 3.05) is 12.3 Å². The van der Waals surface area contributed by atoms with E-state index < -0.39 is 11.8 Å². The maximum absolute atomic E-state index is 12.8. The van der Waals surface area contributed by atoms with E-state index in [1.54, 1.807) is 6.92 Å². The van der Waals surface area contributed by atoms with Gasteiger partial charge >= 0.3 is 5.97 Å². The maximum atomic E-state index is 12.8. The Labute approximate surface area is 93.4 Å². The van der Waals surface area contributed by atoms with E-state index in [0.29, 0.717) is 17.9 Å². The highest BCUT2D eigenvalue weighted by Gasteiger charge is 1.99. The molecule has 0 aromatic heterocycles. The lowest BCUT2D eigenvalue weighted by atomic mass is 10.2. The second kappa shape index (κ2) is 5.76. The predicted molar refractivity (Wildman–Crippen MR) is 58.9 cm³/mol. The van der Waals surface area contributed by atoms with Crippen molar-refractivity contribution in [3.05, 3.63) is 29.6 Å². The van der Waals surface area contributed by atoms with E-state index in [0.717, 1.165) is 0 Å². The van der Waals surface area contributed by atoms with Crippen molar-refractivity contribution < 1.29 is 13.9 Å². The van der Waals surface area contributed by atoms with Crippen LogP contribution in [0.3, 0.4) is 0 Å². The first-order valence-corrected chi connectivity index (χ1v) is 4.83. The van der Waals surface area contributed by atoms with Crippen LogP contribution in [0.5, 0.6) is 0 Å². The standard InChI is InChI=1S/C12H12FNO2/c1-2-16-12(15)5-3-4-9-8-10(13)6-7-11(9)14/h6-8H,2,5,14H2,1H3. The number of esters is 1. The minimum absolute atomic E-state index is 0.0240. The van der Waals surface area contributed by atoms with Crippen LogP contribution in [-0.2, 0) is 9.53 Å². The van der Waals surface area contributed by atoms with E-state index >= 15 is 0 Å². The monoisotopic (exact) mass is 221 g/mol. The lowest BCUT2D eigenvalue weighted by Gasteiger charge is -1.97. The van der Waals surface area contributed by atoms with Crippen LogP contribution in [0.25, 0.3) is 0 Å². The zero-order valence-electron chi connectivity index (χ0n) is 8.92. The zero-order valence-corrected chi connectivity index (χ0v) is 8.92. The molecule has 1 aromatic carbocycles. The van der Waals surface area contributed by atoms with Crippen molar-refractivity contribution in [2.45, 2.75) is 13.3 Å². The maximum Gasteiger partial charge on any atom is 0.317 e. The predicted octanol–water partition coefficient (Wildman–Crippen LogP) is 1.71. The molecule has 0 bridgehead atoms. The highest BCUT2D eigenvalue weighted by molar-refractivity contribution is 5.72. The highest BCUT2D eigenvalue weighted by Crippen LogP contribution is 2.11. The van der Waals surface area contributed by atoms with Crippen LogP contribution >= 0.6 is 0 Å². The number of hydrogen-bond acceptors (Lipinski definition) is 3. The summed E-state index contributed by atoms with van der Waals surface area (Å²) in [6.45, 7) is 2.04. The molecule has 0 spiro atoms. The molecule has 0 aliphatic heterocycles. The first-order valence-electron chi connectivity index (χ1n) is 4.83. The Balaban J connectivity index is 2.69. The Kier molecular flexibility index (Phi) is 4.34. The Morgan fingerprint density at radius 1 is 1.56 bits per heavy atom. The van der Waals surface area contributed by atoms with Gasteiger partial charge in [0.05, 0.1) is 12.2 Å². The Hall–Kier alpha value is -2.02. The highest BCUT2D eigenvalue weighted by atomic mass is 19.1. The van der Waals surface area contributed by atoms with Gasteiger partial charge in [-0.15, -0.1) is 0 Å². The smallest absolute Gasteiger partial charge is 0.317 e. The van der Waals surface area contributed by atoms with Crippen LogP contribution in [-0.4, -0.2) is 12.6 Å². The number of carbonyl (C=O) groups excluding carboxylic acids is 1. The van der Waals surface area contributed by atoms with Crippen molar-refractivity contribution >= 4 is 11.7 Å². The number of rotatable bonds is 2. The first-order chi connectivity index (χ1) is 7.63. The molecule has 0 saturated carbocycles. The van der Waals surface area contributed by atoms with E-state index in [4.69, 9.17) is 5.73 Å². The summed E-state index contributed by atoms with van der Waals surface area (Å²) in [6.07, 6.45) is -0.0240. The summed E-state index contributed by atoms with van der Waals surface area (Å²) in [6, 6.07) is 3.92. The molecule has 0 heterocycles. The van der Waals surface area contributed by atoms with E-state index in [-0.39, 0.29) is 6.42 Å². The van der Waals surface area contributed by atoms with Gasteiger partial charge in [-0.25, -0.2) is 4.39 Å². The molecule has 0 aliphatic rings. The summed E-state index contributed by atoms with van der Waals surface area (Å²) in [4.78, 5) is 11.0. The number of nitrogen functional groups attached to an aromatic ring is 1. The van der Waals surface area contributed by atoms with Gasteiger partial charge in [-0.1, -0.05) is 11.8 Å². The van der Waals surface area contributed by atoms with Gasteiger partial charge < -0.3 is 10.5 Å². The normalized spacial score (nSPS) is 9.12. The molecule has 1 aromatic rings. The minimum Gasteiger partial charge on any atom is -0.465 e. The average Bonchev–Trinajstić information content (AvgIpc) is 2.23. The number of halogens is 1. The van der Waals surface area contributed by atoms with Crippen LogP contribution in [0, 0.1) is 17.7 Å². The van der Waals surface area contributed by atoms with Gasteiger partial charge in [0, 0.05) is 5.69 Å². The van der Waals surface area contributed by atoms with Gasteiger partial charge in [0.2, 0.25) is 0 Å². The molecule has 0 unspecified atom stereocenters. The minimum atomic E-state index is -0.408. The van der Waals surface area contributed by atoms with E-state index in [2.05, 4.69) is 16.6 Å². The van der Waals surface area contributed by atoms with Gasteiger partial charge in [-0.2, -0.15) is 0 Å². The summed E-state index contributed by atoms with van der Waals surface area (Å²) in [7, 11) is 0. The summed E-state index contributed by atoms with van der Waals surface area (Å²) < 4.78 is 17.5. The third-order valence-electron chi connectivity index (χ3n) is 1.78. The fourth-order valence-electron chi connectivity index (χ4n) is 1.06. The lowest BCUT2D eigenvalue weighted by Crippen LogP contribution is -2.01. The fraction of sp³-hybridized carbons (Fsp3) is 0.250. The van der Waals surface area contributed by atoms with Gasteiger partial charge in [-0.05, 0) is 25.1 Å². The lowest BCUT2D eigenvalue weighted by molar-refractivity contribution is -0.141. The molecule has 0 amide bonds. The number of carbonyl (C=O) groups is 1. The number of anilines is 1. The summed E-state index contributed by atoms with van der Waals surface area (Å²) in [5.41, 5.74) is 6.35. The Morgan fingerprint density at radius 3 is 3.00 bits per heavy atom. The number of benzene rings is 1. The van der Waals surface area contributed by atoms with Crippen molar-refractivity contribution in [2.24, 2.45) is 0 Å². The van der Waals surface area contributed by atoms with Crippen LogP contribution in [0.4, 0.5) is 10.1 Å². The topological polar surface area (TPSA) is 52.3 Å². The van der Waals surface area contributed by atoms with Crippen LogP contribution in [0.2, 0.25) is 0 Å². The molecule has 0 radical (unpaired) electrons. The molecule has 0 fully saturated rings. The Morgan fingerprint density at radius 2 is 2.31 bits per heavy atom.